The quantitative estimate of drug-likeness (QED) is 0.576. The van der Waals surface area contributed by atoms with Crippen molar-refractivity contribution in [3.05, 3.63) is 97.0 Å². The second-order valence-electron chi connectivity index (χ2n) is 6.43. The van der Waals surface area contributed by atoms with Crippen LogP contribution in [-0.4, -0.2) is 20.7 Å². The standard InChI is InChI=1S/C22H20N4.2ClH/c1-2-22(12-6-3-7-13-22)24-21-19-9-5-4-8-18(19)20(25-26-21)16-17-10-14-23-15-11-17;;/h2-12,14-15H,1,13,16H2,(H,24,26);2*1H/t22-;;/m0../s1. The molecule has 2 heterocycles. The lowest BCUT2D eigenvalue weighted by molar-refractivity contribution is 0.709. The van der Waals surface area contributed by atoms with E-state index in [4.69, 9.17) is 0 Å². The molecule has 1 aromatic carbocycles. The normalized spacial score (nSPS) is 17.4. The Kier molecular flexibility index (Phi) is 7.32. The fourth-order valence-electron chi connectivity index (χ4n) is 3.23. The van der Waals surface area contributed by atoms with Gasteiger partial charge in [-0.05, 0) is 24.1 Å². The summed E-state index contributed by atoms with van der Waals surface area (Å²) in [5.41, 5.74) is 1.80. The molecule has 0 aliphatic heterocycles. The maximum atomic E-state index is 4.52. The minimum atomic E-state index is -0.335. The lowest BCUT2D eigenvalue weighted by Gasteiger charge is -2.30. The third kappa shape index (κ3) is 4.41. The van der Waals surface area contributed by atoms with E-state index in [1.54, 1.807) is 12.4 Å². The Morgan fingerprint density at radius 1 is 1.00 bits per heavy atom. The van der Waals surface area contributed by atoms with Crippen LogP contribution in [0.4, 0.5) is 5.82 Å². The van der Waals surface area contributed by atoms with Crippen LogP contribution in [0.1, 0.15) is 17.7 Å². The molecule has 4 rings (SSSR count). The van der Waals surface area contributed by atoms with Crippen LogP contribution < -0.4 is 5.32 Å². The zero-order valence-electron chi connectivity index (χ0n) is 15.3. The van der Waals surface area contributed by atoms with E-state index in [1.165, 1.54) is 5.56 Å². The number of rotatable bonds is 5. The van der Waals surface area contributed by atoms with Gasteiger partial charge in [0, 0.05) is 29.6 Å². The molecule has 2 aromatic heterocycles. The molecule has 0 radical (unpaired) electrons. The number of benzene rings is 1. The van der Waals surface area contributed by atoms with Crippen molar-refractivity contribution in [3.8, 4) is 0 Å². The van der Waals surface area contributed by atoms with Gasteiger partial charge in [-0.1, -0.05) is 54.6 Å². The molecule has 144 valence electrons. The van der Waals surface area contributed by atoms with Crippen molar-refractivity contribution in [2.75, 3.05) is 5.32 Å². The van der Waals surface area contributed by atoms with Gasteiger partial charge >= 0.3 is 0 Å². The SMILES string of the molecule is C=C[C@]1(Nc2nnc(Cc3ccncc3)c3ccccc23)C=CC=CC1.Cl.Cl. The Balaban J connectivity index is 0.00000140. The van der Waals surface area contributed by atoms with Crippen LogP contribution in [-0.2, 0) is 6.42 Å². The van der Waals surface area contributed by atoms with Gasteiger partial charge in [-0.2, -0.15) is 5.10 Å². The maximum absolute atomic E-state index is 4.52. The molecular formula is C22H22Cl2N4. The molecule has 0 fully saturated rings. The number of nitrogens with zero attached hydrogens (tertiary/aromatic N) is 3. The van der Waals surface area contributed by atoms with Crippen LogP contribution in [0.2, 0.25) is 0 Å². The molecular weight excluding hydrogens is 391 g/mol. The molecule has 0 amide bonds. The Bertz CT molecular complexity index is 1000. The minimum Gasteiger partial charge on any atom is -0.355 e. The van der Waals surface area contributed by atoms with Gasteiger partial charge in [0.15, 0.2) is 5.82 Å². The molecule has 4 nitrogen and oxygen atoms in total. The number of allylic oxidation sites excluding steroid dienone is 2. The monoisotopic (exact) mass is 412 g/mol. The highest BCUT2D eigenvalue weighted by Crippen LogP contribution is 2.29. The molecule has 1 aliphatic carbocycles. The fraction of sp³-hybridized carbons (Fsp3) is 0.136. The highest BCUT2D eigenvalue weighted by Gasteiger charge is 2.24. The maximum Gasteiger partial charge on any atom is 0.157 e. The number of hydrogen-bond donors (Lipinski definition) is 1. The molecule has 1 atom stereocenters. The van der Waals surface area contributed by atoms with Crippen molar-refractivity contribution >= 4 is 41.4 Å². The van der Waals surface area contributed by atoms with Gasteiger partial charge in [-0.25, -0.2) is 0 Å². The third-order valence-electron chi connectivity index (χ3n) is 4.70. The van der Waals surface area contributed by atoms with E-state index in [0.717, 1.165) is 35.1 Å². The van der Waals surface area contributed by atoms with Crippen molar-refractivity contribution in [2.45, 2.75) is 18.4 Å². The largest absolute Gasteiger partial charge is 0.355 e. The first-order valence-corrected chi connectivity index (χ1v) is 8.69. The summed E-state index contributed by atoms with van der Waals surface area (Å²) in [6.07, 6.45) is 15.4. The Morgan fingerprint density at radius 2 is 1.75 bits per heavy atom. The number of aromatic nitrogens is 3. The van der Waals surface area contributed by atoms with E-state index >= 15 is 0 Å². The Labute approximate surface area is 177 Å². The lowest BCUT2D eigenvalue weighted by atomic mass is 9.91. The average Bonchev–Trinajstić information content (AvgIpc) is 2.71. The molecule has 1 N–H and O–H groups in total. The number of halogens is 2. The fourth-order valence-corrected chi connectivity index (χ4v) is 3.23. The van der Waals surface area contributed by atoms with Gasteiger partial charge in [0.05, 0.1) is 11.2 Å². The number of hydrogen-bond acceptors (Lipinski definition) is 4. The van der Waals surface area contributed by atoms with E-state index in [-0.39, 0.29) is 30.4 Å². The van der Waals surface area contributed by atoms with Crippen LogP contribution in [0.25, 0.3) is 10.8 Å². The van der Waals surface area contributed by atoms with E-state index in [9.17, 15) is 0 Å². The van der Waals surface area contributed by atoms with Crippen molar-refractivity contribution in [3.63, 3.8) is 0 Å². The van der Waals surface area contributed by atoms with Crippen LogP contribution in [0, 0.1) is 0 Å². The van der Waals surface area contributed by atoms with E-state index < -0.39 is 0 Å². The van der Waals surface area contributed by atoms with Crippen LogP contribution in [0.3, 0.4) is 0 Å². The lowest BCUT2D eigenvalue weighted by Crippen LogP contribution is -2.34. The van der Waals surface area contributed by atoms with Crippen molar-refractivity contribution < 1.29 is 0 Å². The second kappa shape index (κ2) is 9.49. The summed E-state index contributed by atoms with van der Waals surface area (Å²) in [6.45, 7) is 4.00. The number of anilines is 1. The summed E-state index contributed by atoms with van der Waals surface area (Å²) in [4.78, 5) is 4.08. The second-order valence-corrected chi connectivity index (χ2v) is 6.43. The summed E-state index contributed by atoms with van der Waals surface area (Å²) >= 11 is 0. The van der Waals surface area contributed by atoms with Gasteiger partial charge in [-0.3, -0.25) is 4.98 Å². The molecule has 0 saturated carbocycles. The molecule has 0 bridgehead atoms. The van der Waals surface area contributed by atoms with E-state index in [1.807, 2.05) is 42.5 Å². The molecule has 6 heteroatoms. The van der Waals surface area contributed by atoms with Crippen LogP contribution >= 0.6 is 24.8 Å². The third-order valence-corrected chi connectivity index (χ3v) is 4.70. The summed E-state index contributed by atoms with van der Waals surface area (Å²) in [6, 6.07) is 12.3. The van der Waals surface area contributed by atoms with Crippen molar-refractivity contribution in [1.82, 2.24) is 15.2 Å². The summed E-state index contributed by atoms with van der Waals surface area (Å²) in [5, 5.41) is 14.7. The van der Waals surface area contributed by atoms with Crippen molar-refractivity contribution in [1.29, 1.82) is 0 Å². The predicted molar refractivity (Wildman–Crippen MR) is 121 cm³/mol. The Hall–Kier alpha value is -2.69. The van der Waals surface area contributed by atoms with Gasteiger partial charge in [0.2, 0.25) is 0 Å². The predicted octanol–water partition coefficient (Wildman–Crippen LogP) is 5.31. The Morgan fingerprint density at radius 3 is 2.43 bits per heavy atom. The molecule has 1 aliphatic rings. The topological polar surface area (TPSA) is 50.7 Å². The first-order chi connectivity index (χ1) is 12.8. The van der Waals surface area contributed by atoms with E-state index in [2.05, 4.69) is 51.4 Å². The molecule has 0 saturated heterocycles. The molecule has 3 aromatic rings. The summed E-state index contributed by atoms with van der Waals surface area (Å²) in [5.74, 6) is 0.777. The van der Waals surface area contributed by atoms with Crippen LogP contribution in [0.5, 0.6) is 0 Å². The molecule has 28 heavy (non-hydrogen) atoms. The molecule has 0 unspecified atom stereocenters. The number of pyridine rings is 1. The number of nitrogens with one attached hydrogen (secondary N) is 1. The highest BCUT2D eigenvalue weighted by atomic mass is 35.5. The van der Waals surface area contributed by atoms with Gasteiger partial charge in [0.25, 0.3) is 0 Å². The van der Waals surface area contributed by atoms with Crippen molar-refractivity contribution in [2.24, 2.45) is 0 Å². The minimum absolute atomic E-state index is 0. The van der Waals surface area contributed by atoms with Gasteiger partial charge in [-0.15, -0.1) is 36.5 Å². The zero-order valence-corrected chi connectivity index (χ0v) is 16.9. The van der Waals surface area contributed by atoms with Crippen LogP contribution in [0.15, 0.2) is 85.8 Å². The smallest absolute Gasteiger partial charge is 0.157 e. The van der Waals surface area contributed by atoms with Gasteiger partial charge in [0.1, 0.15) is 0 Å². The summed E-state index contributed by atoms with van der Waals surface area (Å²) in [7, 11) is 0. The number of fused-ring (bicyclic) bond motifs is 1. The first kappa shape index (κ1) is 21.6. The van der Waals surface area contributed by atoms with Gasteiger partial charge < -0.3 is 5.32 Å². The average molecular weight is 413 g/mol. The first-order valence-electron chi connectivity index (χ1n) is 8.69. The highest BCUT2D eigenvalue weighted by molar-refractivity contribution is 5.93. The molecule has 0 spiro atoms. The zero-order chi connectivity index (χ0) is 17.8. The van der Waals surface area contributed by atoms with E-state index in [0.29, 0.717) is 0 Å². The summed E-state index contributed by atoms with van der Waals surface area (Å²) < 4.78 is 0.